The van der Waals surface area contributed by atoms with Crippen LogP contribution in [0, 0.1) is 30.1 Å². The Labute approximate surface area is 233 Å². The first-order valence-electron chi connectivity index (χ1n) is 14.0. The Morgan fingerprint density at radius 1 is 1.15 bits per heavy atom. The number of ether oxygens (including phenoxy) is 1. The van der Waals surface area contributed by atoms with Crippen LogP contribution < -0.4 is 10.1 Å². The minimum Gasteiger partial charge on any atom is -0.423 e. The van der Waals surface area contributed by atoms with Crippen molar-refractivity contribution >= 4 is 34.1 Å². The minimum atomic E-state index is -0.348. The Balaban J connectivity index is 1.17. The van der Waals surface area contributed by atoms with E-state index in [-0.39, 0.29) is 23.2 Å². The fourth-order valence-corrected chi connectivity index (χ4v) is 8.28. The molecule has 2 saturated carbocycles. The molecule has 5 atom stereocenters. The Morgan fingerprint density at radius 3 is 2.74 bits per heavy atom. The van der Waals surface area contributed by atoms with Crippen LogP contribution in [0.2, 0.25) is 0 Å². The number of hydrogen-bond acceptors (Lipinski definition) is 6. The highest BCUT2D eigenvalue weighted by Gasteiger charge is 2.58. The van der Waals surface area contributed by atoms with E-state index in [1.54, 1.807) is 18.3 Å². The van der Waals surface area contributed by atoms with Gasteiger partial charge in [0.05, 0.1) is 5.56 Å². The molecule has 6 nitrogen and oxygen atoms in total. The van der Waals surface area contributed by atoms with E-state index in [2.05, 4.69) is 23.3 Å². The predicted molar refractivity (Wildman–Crippen MR) is 151 cm³/mol. The Bertz CT molecular complexity index is 1420. The summed E-state index contributed by atoms with van der Waals surface area (Å²) in [4.78, 5) is 43.9. The molecule has 3 aliphatic rings. The molecule has 0 bridgehead atoms. The van der Waals surface area contributed by atoms with Crippen molar-refractivity contribution in [3.05, 3.63) is 76.3 Å². The second kappa shape index (κ2) is 10.3. The molecule has 1 aromatic heterocycles. The summed E-state index contributed by atoms with van der Waals surface area (Å²) in [7, 11) is 0. The third-order valence-corrected chi connectivity index (χ3v) is 10.2. The van der Waals surface area contributed by atoms with Gasteiger partial charge in [0.1, 0.15) is 11.5 Å². The molecule has 1 amide bonds. The van der Waals surface area contributed by atoms with Crippen LogP contribution in [-0.4, -0.2) is 22.6 Å². The van der Waals surface area contributed by atoms with Gasteiger partial charge in [0, 0.05) is 29.3 Å². The van der Waals surface area contributed by atoms with Crippen molar-refractivity contribution in [3.63, 3.8) is 0 Å². The SMILES string of the molecule is Cc1cnc(NC(=O)CCC2CC(=O)[C@@]3(C)CCC4c5ccc(OC(=O)c6ccccc6)cc5CCC4C23)s1. The zero-order chi connectivity index (χ0) is 27.1. The number of rotatable bonds is 6. The number of ketones is 1. The van der Waals surface area contributed by atoms with Crippen LogP contribution in [0.5, 0.6) is 5.75 Å². The standard InChI is InChI=1S/C32H34N2O4S/c1-19-18-33-31(39-19)34-28(36)13-9-22-17-27(35)32(2)15-14-25-24-12-10-23(16-21(24)8-11-26(25)29(22)32)38-30(37)20-6-4-3-5-7-20/h3-7,10,12,16,18,22,25-26,29H,8-9,11,13-15,17H2,1-2H3,(H,33,34,36)/t22?,25?,26?,29?,32-/m1/s1. The topological polar surface area (TPSA) is 85.4 Å². The van der Waals surface area contributed by atoms with Crippen LogP contribution in [0.15, 0.2) is 54.7 Å². The minimum absolute atomic E-state index is 0.0238. The van der Waals surface area contributed by atoms with E-state index in [9.17, 15) is 14.4 Å². The molecular weight excluding hydrogens is 508 g/mol. The summed E-state index contributed by atoms with van der Waals surface area (Å²) in [6, 6.07) is 15.1. The van der Waals surface area contributed by atoms with E-state index < -0.39 is 0 Å². The lowest BCUT2D eigenvalue weighted by atomic mass is 9.54. The number of benzene rings is 2. The first-order valence-corrected chi connectivity index (χ1v) is 14.8. The Morgan fingerprint density at radius 2 is 1.97 bits per heavy atom. The maximum absolute atomic E-state index is 13.3. The van der Waals surface area contributed by atoms with Crippen molar-refractivity contribution in [2.75, 3.05) is 5.32 Å². The number of aryl methyl sites for hydroxylation is 2. The van der Waals surface area contributed by atoms with Crippen LogP contribution in [0.3, 0.4) is 0 Å². The summed E-state index contributed by atoms with van der Waals surface area (Å²) < 4.78 is 5.69. The van der Waals surface area contributed by atoms with Gasteiger partial charge in [-0.25, -0.2) is 9.78 Å². The molecule has 0 aliphatic heterocycles. The van der Waals surface area contributed by atoms with Crippen molar-refractivity contribution in [1.29, 1.82) is 0 Å². The van der Waals surface area contributed by atoms with Crippen molar-refractivity contribution in [2.24, 2.45) is 23.2 Å². The number of anilines is 1. The van der Waals surface area contributed by atoms with Crippen LogP contribution in [0.4, 0.5) is 5.13 Å². The maximum atomic E-state index is 13.3. The Hall–Kier alpha value is -3.32. The molecule has 3 aromatic rings. The molecular formula is C32H34N2O4S. The molecule has 0 radical (unpaired) electrons. The van der Waals surface area contributed by atoms with Gasteiger partial charge >= 0.3 is 5.97 Å². The summed E-state index contributed by atoms with van der Waals surface area (Å²) in [6.07, 6.45) is 7.29. The first kappa shape index (κ1) is 25.9. The van der Waals surface area contributed by atoms with Gasteiger partial charge in [-0.3, -0.25) is 9.59 Å². The highest BCUT2D eigenvalue weighted by Crippen LogP contribution is 2.62. The first-order chi connectivity index (χ1) is 18.8. The maximum Gasteiger partial charge on any atom is 0.343 e. The van der Waals surface area contributed by atoms with Crippen LogP contribution >= 0.6 is 11.3 Å². The number of fused-ring (bicyclic) bond motifs is 5. The molecule has 202 valence electrons. The van der Waals surface area contributed by atoms with Gasteiger partial charge in [-0.2, -0.15) is 0 Å². The zero-order valence-electron chi connectivity index (χ0n) is 22.4. The fourth-order valence-electron chi connectivity index (χ4n) is 7.60. The lowest BCUT2D eigenvalue weighted by Gasteiger charge is -2.50. The highest BCUT2D eigenvalue weighted by molar-refractivity contribution is 7.15. The quantitative estimate of drug-likeness (QED) is 0.275. The third kappa shape index (κ3) is 4.93. The lowest BCUT2D eigenvalue weighted by molar-refractivity contribution is -0.129. The van der Waals surface area contributed by atoms with E-state index in [0.717, 1.165) is 37.0 Å². The normalized spacial score (nSPS) is 27.3. The molecule has 1 heterocycles. The summed E-state index contributed by atoms with van der Waals surface area (Å²) in [5.41, 5.74) is 2.83. The molecule has 2 aromatic carbocycles. The van der Waals surface area contributed by atoms with E-state index in [1.807, 2.05) is 37.3 Å². The highest BCUT2D eigenvalue weighted by atomic mass is 32.1. The predicted octanol–water partition coefficient (Wildman–Crippen LogP) is 6.74. The average molecular weight is 543 g/mol. The van der Waals surface area contributed by atoms with Gasteiger partial charge < -0.3 is 10.1 Å². The zero-order valence-corrected chi connectivity index (χ0v) is 23.3. The van der Waals surface area contributed by atoms with Gasteiger partial charge in [0.15, 0.2) is 5.13 Å². The summed E-state index contributed by atoms with van der Waals surface area (Å²) in [5, 5.41) is 3.56. The number of Topliss-reactive ketones (excluding diaryl/α,β-unsaturated/α-hetero) is 1. The second-order valence-corrected chi connectivity index (χ2v) is 12.9. The van der Waals surface area contributed by atoms with Crippen molar-refractivity contribution in [2.45, 2.75) is 64.7 Å². The molecule has 4 unspecified atom stereocenters. The molecule has 0 spiro atoms. The second-order valence-electron chi connectivity index (χ2n) is 11.7. The van der Waals surface area contributed by atoms with Gasteiger partial charge in [-0.05, 0) is 98.1 Å². The van der Waals surface area contributed by atoms with Crippen LogP contribution in [0.25, 0.3) is 0 Å². The van der Waals surface area contributed by atoms with E-state index in [4.69, 9.17) is 4.74 Å². The molecule has 3 aliphatic carbocycles. The summed E-state index contributed by atoms with van der Waals surface area (Å²) in [6.45, 7) is 4.15. The van der Waals surface area contributed by atoms with Crippen LogP contribution in [-0.2, 0) is 16.0 Å². The number of nitrogens with zero attached hydrogens (tertiary/aromatic N) is 1. The number of nitrogens with one attached hydrogen (secondary N) is 1. The molecule has 1 N–H and O–H groups in total. The molecule has 39 heavy (non-hydrogen) atoms. The monoisotopic (exact) mass is 542 g/mol. The lowest BCUT2D eigenvalue weighted by Crippen LogP contribution is -2.44. The molecule has 2 fully saturated rings. The summed E-state index contributed by atoms with van der Waals surface area (Å²) >= 11 is 1.48. The number of esters is 1. The van der Waals surface area contributed by atoms with E-state index >= 15 is 0 Å². The summed E-state index contributed by atoms with van der Waals surface area (Å²) in [5.74, 6) is 1.93. The molecule has 7 heteroatoms. The van der Waals surface area contributed by atoms with E-state index in [0.29, 0.717) is 52.8 Å². The van der Waals surface area contributed by atoms with Crippen molar-refractivity contribution in [3.8, 4) is 5.75 Å². The van der Waals surface area contributed by atoms with Gasteiger partial charge in [0.25, 0.3) is 0 Å². The molecule has 6 rings (SSSR count). The smallest absolute Gasteiger partial charge is 0.343 e. The van der Waals surface area contributed by atoms with Gasteiger partial charge in [-0.1, -0.05) is 31.2 Å². The van der Waals surface area contributed by atoms with E-state index in [1.165, 1.54) is 22.5 Å². The number of carbonyl (C=O) groups excluding carboxylic acids is 3. The van der Waals surface area contributed by atoms with Gasteiger partial charge in [0.2, 0.25) is 5.91 Å². The van der Waals surface area contributed by atoms with Crippen molar-refractivity contribution < 1.29 is 19.1 Å². The average Bonchev–Trinajstić information content (AvgIpc) is 3.46. The number of thiazole rings is 1. The van der Waals surface area contributed by atoms with Crippen molar-refractivity contribution in [1.82, 2.24) is 4.98 Å². The molecule has 0 saturated heterocycles. The largest absolute Gasteiger partial charge is 0.423 e. The number of carbonyl (C=O) groups is 3. The number of aromatic nitrogens is 1. The number of hydrogen-bond donors (Lipinski definition) is 1. The Kier molecular flexibility index (Phi) is 6.88. The van der Waals surface area contributed by atoms with Crippen LogP contribution in [0.1, 0.15) is 77.7 Å². The fraction of sp³-hybridized carbons (Fsp3) is 0.438. The van der Waals surface area contributed by atoms with Gasteiger partial charge in [-0.15, -0.1) is 11.3 Å². The third-order valence-electron chi connectivity index (χ3n) is 9.37. The number of amides is 1.